The van der Waals surface area contributed by atoms with E-state index in [1.54, 1.807) is 67.3 Å². The number of nitrogens with one attached hydrogen (secondary N) is 1. The molecule has 0 aliphatic carbocycles. The van der Waals surface area contributed by atoms with E-state index in [4.69, 9.17) is 0 Å². The van der Waals surface area contributed by atoms with Gasteiger partial charge in [0.2, 0.25) is 0 Å². The highest BCUT2D eigenvalue weighted by Gasteiger charge is 2.41. The summed E-state index contributed by atoms with van der Waals surface area (Å²) in [6.07, 6.45) is 8.31. The van der Waals surface area contributed by atoms with Crippen LogP contribution in [0.2, 0.25) is 0 Å². The number of thioether (sulfide) groups is 1. The molecule has 10 heteroatoms. The molecular formula is C32H23FN6O2S. The van der Waals surface area contributed by atoms with Crippen LogP contribution in [0.15, 0.2) is 114 Å². The van der Waals surface area contributed by atoms with Crippen molar-refractivity contribution in [3.63, 3.8) is 0 Å². The average molecular weight is 575 g/mol. The van der Waals surface area contributed by atoms with Crippen molar-refractivity contribution >= 4 is 51.5 Å². The molecule has 1 atom stereocenters. The highest BCUT2D eigenvalue weighted by atomic mass is 32.2. The molecule has 3 heterocycles. The van der Waals surface area contributed by atoms with Gasteiger partial charge in [-0.3, -0.25) is 14.6 Å². The van der Waals surface area contributed by atoms with Crippen molar-refractivity contribution in [2.75, 3.05) is 5.32 Å². The Morgan fingerprint density at radius 2 is 1.71 bits per heavy atom. The molecule has 0 saturated carbocycles. The summed E-state index contributed by atoms with van der Waals surface area (Å²) in [6, 6.07) is 22.3. The number of carbonyl (C=O) groups is 2. The van der Waals surface area contributed by atoms with Crippen LogP contribution in [-0.2, 0) is 22.4 Å². The first-order valence-electron chi connectivity index (χ1n) is 13.0. The van der Waals surface area contributed by atoms with Gasteiger partial charge in [-0.2, -0.15) is 4.99 Å². The van der Waals surface area contributed by atoms with E-state index >= 15 is 0 Å². The highest BCUT2D eigenvalue weighted by molar-refractivity contribution is 8.13. The van der Waals surface area contributed by atoms with Crippen molar-refractivity contribution in [2.24, 2.45) is 9.98 Å². The first-order chi connectivity index (χ1) is 20.5. The van der Waals surface area contributed by atoms with Crippen LogP contribution in [-0.4, -0.2) is 38.1 Å². The fraction of sp³-hybridized carbons (Fsp3) is 0.0938. The van der Waals surface area contributed by atoms with Gasteiger partial charge < -0.3 is 5.32 Å². The standard InChI is InChI=1S/C32H23FN6O2S/c33-26-9-3-21(4-10-26)18-42-31-37-19-32(30(41)39-31,15-22-16-34-20-35-17-22)25-7-5-23(6-8-25)29(40)38-27-11-12-28-24(14-27)2-1-13-36-28/h1-14,16-17,19-20H,15,18H2,(H,38,40). The number of nitrogens with zero attached hydrogens (tertiary/aromatic N) is 5. The number of carbonyl (C=O) groups excluding carboxylic acids is 2. The van der Waals surface area contributed by atoms with Gasteiger partial charge in [-0.15, -0.1) is 0 Å². The number of hydrogen-bond donors (Lipinski definition) is 1. The lowest BCUT2D eigenvalue weighted by Gasteiger charge is -2.29. The van der Waals surface area contributed by atoms with Gasteiger partial charge in [-0.25, -0.2) is 19.4 Å². The van der Waals surface area contributed by atoms with Crippen LogP contribution in [0.5, 0.6) is 0 Å². The van der Waals surface area contributed by atoms with E-state index in [2.05, 4.69) is 30.3 Å². The molecule has 206 valence electrons. The number of hydrogen-bond acceptors (Lipinski definition) is 7. The van der Waals surface area contributed by atoms with Crippen molar-refractivity contribution in [3.05, 3.63) is 132 Å². The first kappa shape index (κ1) is 27.1. The summed E-state index contributed by atoms with van der Waals surface area (Å²) in [4.78, 5) is 48.1. The fourth-order valence-corrected chi connectivity index (χ4v) is 5.44. The average Bonchev–Trinajstić information content (AvgIpc) is 3.02. The van der Waals surface area contributed by atoms with E-state index in [9.17, 15) is 14.0 Å². The lowest BCUT2D eigenvalue weighted by molar-refractivity contribution is -0.121. The number of amides is 2. The Kier molecular flexibility index (Phi) is 7.61. The third-order valence-corrected chi connectivity index (χ3v) is 7.81. The number of halogens is 1. The maximum atomic E-state index is 13.7. The molecule has 6 rings (SSSR count). The minimum absolute atomic E-state index is 0.242. The van der Waals surface area contributed by atoms with E-state index in [1.807, 2.05) is 24.3 Å². The summed E-state index contributed by atoms with van der Waals surface area (Å²) >= 11 is 1.30. The zero-order valence-electron chi connectivity index (χ0n) is 22.1. The normalized spacial score (nSPS) is 16.3. The van der Waals surface area contributed by atoms with Gasteiger partial charge in [-0.1, -0.05) is 42.1 Å². The zero-order chi connectivity index (χ0) is 28.9. The zero-order valence-corrected chi connectivity index (χ0v) is 23.0. The molecule has 0 fully saturated rings. The van der Waals surface area contributed by atoms with Crippen LogP contribution in [0.3, 0.4) is 0 Å². The minimum Gasteiger partial charge on any atom is -0.322 e. The van der Waals surface area contributed by atoms with Gasteiger partial charge in [-0.05, 0) is 71.6 Å². The summed E-state index contributed by atoms with van der Waals surface area (Å²) in [5, 5.41) is 4.17. The molecule has 1 aliphatic rings. The summed E-state index contributed by atoms with van der Waals surface area (Å²) in [5.41, 5.74) is 2.99. The van der Waals surface area contributed by atoms with Gasteiger partial charge in [0.1, 0.15) is 17.6 Å². The monoisotopic (exact) mass is 574 g/mol. The van der Waals surface area contributed by atoms with E-state index in [0.717, 1.165) is 22.0 Å². The van der Waals surface area contributed by atoms with Gasteiger partial charge >= 0.3 is 0 Å². The topological polar surface area (TPSA) is 110 Å². The van der Waals surface area contributed by atoms with Crippen molar-refractivity contribution in [3.8, 4) is 0 Å². The van der Waals surface area contributed by atoms with Gasteiger partial charge in [0.25, 0.3) is 11.8 Å². The summed E-state index contributed by atoms with van der Waals surface area (Å²) in [5.74, 6) is -0.487. The third-order valence-electron chi connectivity index (χ3n) is 6.88. The van der Waals surface area contributed by atoms with Crippen molar-refractivity contribution in [1.82, 2.24) is 15.0 Å². The minimum atomic E-state index is -1.20. The molecule has 2 amide bonds. The summed E-state index contributed by atoms with van der Waals surface area (Å²) in [7, 11) is 0. The van der Waals surface area contributed by atoms with Crippen LogP contribution in [0.4, 0.5) is 10.1 Å². The van der Waals surface area contributed by atoms with E-state index in [-0.39, 0.29) is 24.1 Å². The number of amidine groups is 1. The van der Waals surface area contributed by atoms with E-state index in [0.29, 0.717) is 27.7 Å². The maximum Gasteiger partial charge on any atom is 0.264 e. The molecule has 0 spiro atoms. The number of rotatable bonds is 7. The van der Waals surface area contributed by atoms with Crippen LogP contribution < -0.4 is 5.32 Å². The second-order valence-electron chi connectivity index (χ2n) is 9.71. The van der Waals surface area contributed by atoms with Gasteiger partial charge in [0, 0.05) is 47.2 Å². The quantitative estimate of drug-likeness (QED) is 0.263. The second-order valence-corrected chi connectivity index (χ2v) is 10.7. The Morgan fingerprint density at radius 1 is 0.929 bits per heavy atom. The second kappa shape index (κ2) is 11.8. The predicted molar refractivity (Wildman–Crippen MR) is 162 cm³/mol. The Hall–Kier alpha value is -5.09. The number of aliphatic imine (C=N–C) groups is 2. The lowest BCUT2D eigenvalue weighted by Crippen LogP contribution is -2.41. The number of fused-ring (bicyclic) bond motifs is 1. The molecule has 5 aromatic rings. The molecule has 2 aromatic heterocycles. The molecule has 0 radical (unpaired) electrons. The van der Waals surface area contributed by atoms with Crippen LogP contribution in [0.1, 0.15) is 27.0 Å². The molecular weight excluding hydrogens is 551 g/mol. The van der Waals surface area contributed by atoms with E-state index < -0.39 is 5.41 Å². The molecule has 1 aliphatic heterocycles. The first-order valence-corrected chi connectivity index (χ1v) is 14.0. The van der Waals surface area contributed by atoms with Crippen LogP contribution >= 0.6 is 11.8 Å². The molecule has 0 bridgehead atoms. The number of pyridine rings is 1. The molecule has 0 saturated heterocycles. The molecule has 3 aromatic carbocycles. The molecule has 42 heavy (non-hydrogen) atoms. The highest BCUT2D eigenvalue weighted by Crippen LogP contribution is 2.33. The molecule has 8 nitrogen and oxygen atoms in total. The summed E-state index contributed by atoms with van der Waals surface area (Å²) in [6.45, 7) is 0. The lowest BCUT2D eigenvalue weighted by atomic mass is 9.75. The molecule has 1 unspecified atom stereocenters. The Bertz CT molecular complexity index is 1830. The van der Waals surface area contributed by atoms with Crippen molar-refractivity contribution < 1.29 is 14.0 Å². The predicted octanol–water partition coefficient (Wildman–Crippen LogP) is 5.80. The Morgan fingerprint density at radius 3 is 2.48 bits per heavy atom. The smallest absolute Gasteiger partial charge is 0.264 e. The van der Waals surface area contributed by atoms with Gasteiger partial charge in [0.05, 0.1) is 5.52 Å². The summed E-state index contributed by atoms with van der Waals surface area (Å²) < 4.78 is 13.2. The van der Waals surface area contributed by atoms with E-state index in [1.165, 1.54) is 30.2 Å². The van der Waals surface area contributed by atoms with Crippen molar-refractivity contribution in [2.45, 2.75) is 17.6 Å². The van der Waals surface area contributed by atoms with Crippen LogP contribution in [0, 0.1) is 5.82 Å². The number of anilines is 1. The SMILES string of the molecule is O=C(Nc1ccc2ncccc2c1)c1ccc(C2(Cc3cncnc3)C=NC(SCc3ccc(F)cc3)=NC2=O)cc1. The largest absolute Gasteiger partial charge is 0.322 e. The van der Waals surface area contributed by atoms with Crippen LogP contribution in [0.25, 0.3) is 10.9 Å². The number of aromatic nitrogens is 3. The van der Waals surface area contributed by atoms with Crippen molar-refractivity contribution in [1.29, 1.82) is 0 Å². The fourth-order valence-electron chi connectivity index (χ4n) is 4.67. The Labute approximate surface area is 244 Å². The maximum absolute atomic E-state index is 13.7. The molecule has 1 N–H and O–H groups in total. The number of benzene rings is 3. The Balaban J connectivity index is 1.23. The van der Waals surface area contributed by atoms with Gasteiger partial charge in [0.15, 0.2) is 5.17 Å². The third kappa shape index (κ3) is 5.84.